The fraction of sp³-hybridized carbons (Fsp3) is 0.381. The molecule has 0 unspecified atom stereocenters. The molecule has 1 aromatic carbocycles. The first-order valence-corrected chi connectivity index (χ1v) is 9.27. The summed E-state index contributed by atoms with van der Waals surface area (Å²) >= 11 is 0. The molecule has 28 heavy (non-hydrogen) atoms. The van der Waals surface area contributed by atoms with Crippen LogP contribution in [0.3, 0.4) is 0 Å². The summed E-state index contributed by atoms with van der Waals surface area (Å²) in [7, 11) is 3.07. The van der Waals surface area contributed by atoms with Gasteiger partial charge in [-0.2, -0.15) is 5.26 Å². The molecule has 1 aliphatic heterocycles. The van der Waals surface area contributed by atoms with E-state index in [2.05, 4.69) is 21.3 Å². The van der Waals surface area contributed by atoms with E-state index >= 15 is 0 Å². The van der Waals surface area contributed by atoms with Gasteiger partial charge in [0.05, 0.1) is 19.8 Å². The number of hydrogen-bond acceptors (Lipinski definition) is 6. The summed E-state index contributed by atoms with van der Waals surface area (Å²) in [4.78, 5) is 19.2. The Balaban J connectivity index is 1.63. The second-order valence-corrected chi connectivity index (χ2v) is 6.70. The molecule has 1 amide bonds. The molecule has 1 atom stereocenters. The molecule has 7 heteroatoms. The molecule has 1 N–H and O–H groups in total. The highest BCUT2D eigenvalue weighted by molar-refractivity contribution is 5.97. The number of aromatic nitrogens is 1. The number of hydrogen-bond donors (Lipinski definition) is 1. The zero-order valence-electron chi connectivity index (χ0n) is 16.1. The fourth-order valence-corrected chi connectivity index (χ4v) is 3.50. The number of para-hydroxylation sites is 1. The Morgan fingerprint density at radius 1 is 1.29 bits per heavy atom. The number of nitriles is 1. The minimum atomic E-state index is -0.183. The van der Waals surface area contributed by atoms with Crippen molar-refractivity contribution in [2.75, 3.05) is 38.8 Å². The Hall–Kier alpha value is -3.27. The molecular formula is C21H24N4O3. The standard InChI is InChI=1S/C21H24N4O3/c1-27-18-9-4-8-17(20(18)28-2)21(26)23-13-15-6-5-11-25(14-15)19-10-3-7-16(12-22)24-19/h3-4,7-10,15H,5-6,11,13-14H2,1-2H3,(H,23,26)/t15-/m1/s1. The van der Waals surface area contributed by atoms with E-state index in [1.165, 1.54) is 7.11 Å². The van der Waals surface area contributed by atoms with E-state index in [9.17, 15) is 4.79 Å². The van der Waals surface area contributed by atoms with Crippen molar-refractivity contribution in [3.8, 4) is 17.6 Å². The summed E-state index contributed by atoms with van der Waals surface area (Å²) in [5.74, 6) is 1.90. The lowest BCUT2D eigenvalue weighted by molar-refractivity contribution is 0.0942. The SMILES string of the molecule is COc1cccc(C(=O)NC[C@H]2CCCN(c3cccc(C#N)n3)C2)c1OC. The van der Waals surface area contributed by atoms with Gasteiger partial charge in [-0.05, 0) is 43.0 Å². The molecule has 3 rings (SSSR count). The molecular weight excluding hydrogens is 356 g/mol. The van der Waals surface area contributed by atoms with Crippen molar-refractivity contribution in [2.45, 2.75) is 12.8 Å². The maximum absolute atomic E-state index is 12.7. The van der Waals surface area contributed by atoms with Crippen LogP contribution in [-0.2, 0) is 0 Å². The number of piperidine rings is 1. The lowest BCUT2D eigenvalue weighted by Crippen LogP contribution is -2.41. The first kappa shape index (κ1) is 19.5. The van der Waals surface area contributed by atoms with Gasteiger partial charge in [-0.1, -0.05) is 12.1 Å². The second kappa shape index (κ2) is 9.09. The van der Waals surface area contributed by atoms with Crippen LogP contribution in [0.2, 0.25) is 0 Å². The van der Waals surface area contributed by atoms with Crippen LogP contribution in [0.15, 0.2) is 36.4 Å². The van der Waals surface area contributed by atoms with Crippen molar-refractivity contribution in [3.63, 3.8) is 0 Å². The van der Waals surface area contributed by atoms with Crippen molar-refractivity contribution < 1.29 is 14.3 Å². The third-order valence-electron chi connectivity index (χ3n) is 4.89. The first-order valence-electron chi connectivity index (χ1n) is 9.27. The average Bonchev–Trinajstić information content (AvgIpc) is 2.77. The van der Waals surface area contributed by atoms with Gasteiger partial charge in [0.2, 0.25) is 0 Å². The highest BCUT2D eigenvalue weighted by atomic mass is 16.5. The molecule has 1 aliphatic rings. The van der Waals surface area contributed by atoms with E-state index in [-0.39, 0.29) is 5.91 Å². The van der Waals surface area contributed by atoms with E-state index in [1.807, 2.05) is 12.1 Å². The number of nitrogens with zero attached hydrogens (tertiary/aromatic N) is 3. The number of benzene rings is 1. The molecule has 0 radical (unpaired) electrons. The number of ether oxygens (including phenoxy) is 2. The van der Waals surface area contributed by atoms with E-state index in [0.29, 0.717) is 35.2 Å². The van der Waals surface area contributed by atoms with Gasteiger partial charge < -0.3 is 19.7 Å². The Morgan fingerprint density at radius 2 is 2.11 bits per heavy atom. The van der Waals surface area contributed by atoms with Crippen LogP contribution in [-0.4, -0.2) is 44.7 Å². The summed E-state index contributed by atoms with van der Waals surface area (Å²) in [5, 5.41) is 12.1. The van der Waals surface area contributed by atoms with Crippen LogP contribution in [0.4, 0.5) is 5.82 Å². The minimum Gasteiger partial charge on any atom is -0.493 e. The monoisotopic (exact) mass is 380 g/mol. The van der Waals surface area contributed by atoms with E-state index < -0.39 is 0 Å². The van der Waals surface area contributed by atoms with Crippen LogP contribution in [0.1, 0.15) is 28.9 Å². The molecule has 146 valence electrons. The van der Waals surface area contributed by atoms with Gasteiger partial charge in [-0.3, -0.25) is 4.79 Å². The quantitative estimate of drug-likeness (QED) is 0.829. The van der Waals surface area contributed by atoms with Crippen molar-refractivity contribution in [2.24, 2.45) is 5.92 Å². The zero-order valence-corrected chi connectivity index (χ0v) is 16.1. The fourth-order valence-electron chi connectivity index (χ4n) is 3.50. The second-order valence-electron chi connectivity index (χ2n) is 6.70. The molecule has 1 aromatic heterocycles. The number of carbonyl (C=O) groups is 1. The predicted molar refractivity (Wildman–Crippen MR) is 106 cm³/mol. The Kier molecular flexibility index (Phi) is 6.33. The number of amides is 1. The van der Waals surface area contributed by atoms with E-state index in [4.69, 9.17) is 14.7 Å². The number of methoxy groups -OCH3 is 2. The zero-order chi connectivity index (χ0) is 19.9. The van der Waals surface area contributed by atoms with Crippen LogP contribution >= 0.6 is 0 Å². The lowest BCUT2D eigenvalue weighted by atomic mass is 9.97. The molecule has 2 aromatic rings. The number of anilines is 1. The topological polar surface area (TPSA) is 87.5 Å². The highest BCUT2D eigenvalue weighted by Gasteiger charge is 2.23. The Labute approximate surface area is 164 Å². The molecule has 2 heterocycles. The average molecular weight is 380 g/mol. The Bertz CT molecular complexity index is 878. The number of carbonyl (C=O) groups excluding carboxylic acids is 1. The Morgan fingerprint density at radius 3 is 2.86 bits per heavy atom. The predicted octanol–water partition coefficient (Wildman–Crippen LogP) is 2.62. The van der Waals surface area contributed by atoms with Gasteiger partial charge in [0.1, 0.15) is 17.6 Å². The van der Waals surface area contributed by atoms with Crippen LogP contribution in [0.25, 0.3) is 0 Å². The van der Waals surface area contributed by atoms with Crippen molar-refractivity contribution in [1.82, 2.24) is 10.3 Å². The molecule has 0 aliphatic carbocycles. The highest BCUT2D eigenvalue weighted by Crippen LogP contribution is 2.30. The molecule has 0 spiro atoms. The van der Waals surface area contributed by atoms with Crippen molar-refractivity contribution in [1.29, 1.82) is 5.26 Å². The maximum Gasteiger partial charge on any atom is 0.255 e. The third-order valence-corrected chi connectivity index (χ3v) is 4.89. The van der Waals surface area contributed by atoms with Crippen LogP contribution in [0.5, 0.6) is 11.5 Å². The van der Waals surface area contributed by atoms with E-state index in [1.54, 1.807) is 31.4 Å². The molecule has 1 saturated heterocycles. The minimum absolute atomic E-state index is 0.183. The van der Waals surface area contributed by atoms with Crippen LogP contribution in [0, 0.1) is 17.2 Å². The van der Waals surface area contributed by atoms with Gasteiger partial charge in [0, 0.05) is 19.6 Å². The molecule has 1 fully saturated rings. The maximum atomic E-state index is 12.7. The number of pyridine rings is 1. The van der Waals surface area contributed by atoms with Gasteiger partial charge in [-0.25, -0.2) is 4.98 Å². The van der Waals surface area contributed by atoms with Crippen LogP contribution < -0.4 is 19.7 Å². The first-order chi connectivity index (χ1) is 13.7. The molecule has 7 nitrogen and oxygen atoms in total. The summed E-state index contributed by atoms with van der Waals surface area (Å²) in [6, 6.07) is 12.8. The van der Waals surface area contributed by atoms with Crippen molar-refractivity contribution in [3.05, 3.63) is 47.7 Å². The number of rotatable bonds is 6. The van der Waals surface area contributed by atoms with E-state index in [0.717, 1.165) is 31.7 Å². The molecule has 0 saturated carbocycles. The summed E-state index contributed by atoms with van der Waals surface area (Å²) in [6.45, 7) is 2.25. The van der Waals surface area contributed by atoms with Gasteiger partial charge in [0.15, 0.2) is 11.5 Å². The van der Waals surface area contributed by atoms with Gasteiger partial charge >= 0.3 is 0 Å². The smallest absolute Gasteiger partial charge is 0.255 e. The molecule has 0 bridgehead atoms. The van der Waals surface area contributed by atoms with Gasteiger partial charge in [-0.15, -0.1) is 0 Å². The normalized spacial score (nSPS) is 16.2. The van der Waals surface area contributed by atoms with Gasteiger partial charge in [0.25, 0.3) is 5.91 Å². The largest absolute Gasteiger partial charge is 0.493 e. The summed E-state index contributed by atoms with van der Waals surface area (Å²) < 4.78 is 10.6. The third kappa shape index (κ3) is 4.34. The summed E-state index contributed by atoms with van der Waals surface area (Å²) in [6.07, 6.45) is 2.05. The number of nitrogens with one attached hydrogen (secondary N) is 1. The lowest BCUT2D eigenvalue weighted by Gasteiger charge is -2.33. The summed E-state index contributed by atoms with van der Waals surface area (Å²) in [5.41, 5.74) is 0.871. The van der Waals surface area contributed by atoms with Crippen molar-refractivity contribution >= 4 is 11.7 Å².